The Labute approximate surface area is 72.6 Å². The van der Waals surface area contributed by atoms with Crippen molar-refractivity contribution in [3.05, 3.63) is 30.3 Å². The highest BCUT2D eigenvalue weighted by Crippen LogP contribution is 2.07. The molecule has 0 spiro atoms. The van der Waals surface area contributed by atoms with Crippen molar-refractivity contribution in [1.29, 1.82) is 0 Å². The first-order chi connectivity index (χ1) is 5.79. The molecule has 0 bridgehead atoms. The minimum absolute atomic E-state index is 0.229. The molecule has 0 radical (unpaired) electrons. The molecule has 1 rings (SSSR count). The monoisotopic (exact) mass is 188 g/mol. The van der Waals surface area contributed by atoms with E-state index in [9.17, 15) is 4.21 Å². The summed E-state index contributed by atoms with van der Waals surface area (Å²) in [6.07, 6.45) is 0. The number of rotatable bonds is 4. The van der Waals surface area contributed by atoms with Gasteiger partial charge < -0.3 is 4.74 Å². The van der Waals surface area contributed by atoms with E-state index in [0.717, 1.165) is 0 Å². The molecule has 1 atom stereocenters. The van der Waals surface area contributed by atoms with E-state index in [2.05, 4.69) is 4.18 Å². The second kappa shape index (κ2) is 4.87. The van der Waals surface area contributed by atoms with Gasteiger partial charge in [-0.15, -0.1) is 0 Å². The molecule has 0 aromatic heterocycles. The van der Waals surface area contributed by atoms with Gasteiger partial charge in [-0.1, -0.05) is 18.2 Å². The van der Waals surface area contributed by atoms with E-state index in [1.54, 1.807) is 24.3 Å². The molecule has 0 aliphatic rings. The molecular formula is C7H8O4S. The van der Waals surface area contributed by atoms with Crippen molar-refractivity contribution < 1.29 is 17.7 Å². The normalized spacial score (nSPS) is 12.4. The van der Waals surface area contributed by atoms with Crippen LogP contribution in [0.4, 0.5) is 0 Å². The van der Waals surface area contributed by atoms with Crippen LogP contribution in [0.1, 0.15) is 0 Å². The van der Waals surface area contributed by atoms with Gasteiger partial charge in [0.1, 0.15) is 5.75 Å². The van der Waals surface area contributed by atoms with Crippen molar-refractivity contribution in [2.75, 3.05) is 6.79 Å². The van der Waals surface area contributed by atoms with Gasteiger partial charge in [0, 0.05) is 0 Å². The average molecular weight is 188 g/mol. The van der Waals surface area contributed by atoms with Gasteiger partial charge in [0.05, 0.1) is 0 Å². The predicted molar refractivity (Wildman–Crippen MR) is 43.8 cm³/mol. The Hall–Kier alpha value is -0.910. The zero-order valence-electron chi connectivity index (χ0n) is 6.17. The molecule has 0 fully saturated rings. The van der Waals surface area contributed by atoms with Gasteiger partial charge in [0.15, 0.2) is 0 Å². The van der Waals surface area contributed by atoms with Gasteiger partial charge in [-0.05, 0) is 12.1 Å². The van der Waals surface area contributed by atoms with E-state index in [4.69, 9.17) is 9.29 Å². The summed E-state index contributed by atoms with van der Waals surface area (Å²) in [5.41, 5.74) is 0. The van der Waals surface area contributed by atoms with Gasteiger partial charge in [-0.25, -0.2) is 4.18 Å². The second-order valence-corrected chi connectivity index (χ2v) is 2.58. The molecule has 5 heteroatoms. The molecule has 1 aromatic carbocycles. The van der Waals surface area contributed by atoms with E-state index in [1.807, 2.05) is 6.07 Å². The molecule has 1 N–H and O–H groups in total. The maximum absolute atomic E-state index is 10.00. The molecule has 0 saturated carbocycles. The molecule has 1 aromatic rings. The van der Waals surface area contributed by atoms with Crippen LogP contribution in [0.5, 0.6) is 5.75 Å². The van der Waals surface area contributed by atoms with Crippen molar-refractivity contribution in [3.63, 3.8) is 0 Å². The molecule has 1 unspecified atom stereocenters. The van der Waals surface area contributed by atoms with Crippen LogP contribution in [0, 0.1) is 0 Å². The maximum atomic E-state index is 10.00. The van der Waals surface area contributed by atoms with Gasteiger partial charge in [-0.2, -0.15) is 4.21 Å². The summed E-state index contributed by atoms with van der Waals surface area (Å²) in [6.45, 7) is -0.229. The molecule has 0 heterocycles. The van der Waals surface area contributed by atoms with Gasteiger partial charge in [0.25, 0.3) is 0 Å². The molecule has 0 aliphatic heterocycles. The highest BCUT2D eigenvalue weighted by atomic mass is 32.2. The Balaban J connectivity index is 2.29. The standard InChI is InChI=1S/C7H8O4S/c8-12(9)11-6-10-7-4-2-1-3-5-7/h1-5H,6H2,(H,8,9). The lowest BCUT2D eigenvalue weighted by molar-refractivity contribution is 0.123. The number of hydrogen-bond acceptors (Lipinski definition) is 3. The lowest BCUT2D eigenvalue weighted by atomic mass is 10.3. The Bertz CT molecular complexity index is 249. The molecular weight excluding hydrogens is 180 g/mol. The summed E-state index contributed by atoms with van der Waals surface area (Å²) in [4.78, 5) is 0. The zero-order valence-corrected chi connectivity index (χ0v) is 6.99. The van der Waals surface area contributed by atoms with Crippen molar-refractivity contribution >= 4 is 11.4 Å². The number of ether oxygens (including phenoxy) is 1. The molecule has 12 heavy (non-hydrogen) atoms. The molecule has 0 aliphatic carbocycles. The van der Waals surface area contributed by atoms with E-state index in [1.165, 1.54) is 0 Å². The summed E-state index contributed by atoms with van der Waals surface area (Å²) in [5, 5.41) is 0. The maximum Gasteiger partial charge on any atom is 0.305 e. The Morgan fingerprint density at radius 1 is 1.33 bits per heavy atom. The van der Waals surface area contributed by atoms with Crippen LogP contribution in [0.15, 0.2) is 30.3 Å². The van der Waals surface area contributed by atoms with E-state index in [-0.39, 0.29) is 6.79 Å². The fourth-order valence-corrected chi connectivity index (χ4v) is 0.780. The lowest BCUT2D eigenvalue weighted by Crippen LogP contribution is -2.04. The second-order valence-electron chi connectivity index (χ2n) is 1.91. The highest BCUT2D eigenvalue weighted by Gasteiger charge is 1.93. The summed E-state index contributed by atoms with van der Waals surface area (Å²) >= 11 is -2.26. The van der Waals surface area contributed by atoms with Crippen molar-refractivity contribution in [3.8, 4) is 5.75 Å². The van der Waals surface area contributed by atoms with E-state index < -0.39 is 11.4 Å². The van der Waals surface area contributed by atoms with Gasteiger partial charge in [-0.3, -0.25) is 4.55 Å². The first kappa shape index (κ1) is 9.18. The molecule has 0 saturated heterocycles. The first-order valence-electron chi connectivity index (χ1n) is 3.21. The Morgan fingerprint density at radius 2 is 2.00 bits per heavy atom. The van der Waals surface area contributed by atoms with Crippen molar-refractivity contribution in [2.24, 2.45) is 0 Å². The topological polar surface area (TPSA) is 55.8 Å². The number of benzene rings is 1. The Morgan fingerprint density at radius 3 is 2.58 bits per heavy atom. The summed E-state index contributed by atoms with van der Waals surface area (Å²) in [6, 6.07) is 8.89. The van der Waals surface area contributed by atoms with Crippen molar-refractivity contribution in [2.45, 2.75) is 0 Å². The Kier molecular flexibility index (Phi) is 3.72. The lowest BCUT2D eigenvalue weighted by Gasteiger charge is -2.02. The van der Waals surface area contributed by atoms with Crippen LogP contribution in [-0.2, 0) is 15.5 Å². The molecule has 4 nitrogen and oxygen atoms in total. The highest BCUT2D eigenvalue weighted by molar-refractivity contribution is 7.74. The quantitative estimate of drug-likeness (QED) is 0.569. The van der Waals surface area contributed by atoms with Crippen LogP contribution < -0.4 is 4.74 Å². The third-order valence-electron chi connectivity index (χ3n) is 1.12. The summed E-state index contributed by atoms with van der Waals surface area (Å²) in [5.74, 6) is 0.600. The number of hydrogen-bond donors (Lipinski definition) is 1. The minimum atomic E-state index is -2.26. The molecule has 0 amide bonds. The summed E-state index contributed by atoms with van der Waals surface area (Å²) < 4.78 is 27.4. The van der Waals surface area contributed by atoms with Crippen molar-refractivity contribution in [1.82, 2.24) is 0 Å². The SMILES string of the molecule is O=S(O)OCOc1ccccc1. The van der Waals surface area contributed by atoms with Gasteiger partial charge >= 0.3 is 11.4 Å². The summed E-state index contributed by atoms with van der Waals surface area (Å²) in [7, 11) is 0. The fourth-order valence-electron chi connectivity index (χ4n) is 0.650. The van der Waals surface area contributed by atoms with E-state index >= 15 is 0 Å². The van der Waals surface area contributed by atoms with Crippen LogP contribution in [0.25, 0.3) is 0 Å². The third kappa shape index (κ3) is 3.47. The van der Waals surface area contributed by atoms with Crippen LogP contribution in [0.2, 0.25) is 0 Å². The smallest absolute Gasteiger partial charge is 0.305 e. The zero-order chi connectivity index (χ0) is 8.81. The average Bonchev–Trinajstić information content (AvgIpc) is 2.05. The van der Waals surface area contributed by atoms with Crippen LogP contribution in [-0.4, -0.2) is 15.6 Å². The first-order valence-corrected chi connectivity index (χ1v) is 4.24. The van der Waals surface area contributed by atoms with Crippen LogP contribution >= 0.6 is 0 Å². The fraction of sp³-hybridized carbons (Fsp3) is 0.143. The third-order valence-corrected chi connectivity index (χ3v) is 1.42. The van der Waals surface area contributed by atoms with E-state index in [0.29, 0.717) is 5.75 Å². The van der Waals surface area contributed by atoms with Gasteiger partial charge in [0.2, 0.25) is 6.79 Å². The largest absolute Gasteiger partial charge is 0.466 e. The minimum Gasteiger partial charge on any atom is -0.466 e. The molecule has 66 valence electrons. The number of para-hydroxylation sites is 1. The predicted octanol–water partition coefficient (Wildman–Crippen LogP) is 1.18. The van der Waals surface area contributed by atoms with Crippen LogP contribution in [0.3, 0.4) is 0 Å².